The monoisotopic (exact) mass is 510 g/mol. The molecular weight excluding hydrogens is 476 g/mol. The number of carbonyl (C=O) groups is 1. The number of aromatic nitrogens is 1. The molecule has 1 aromatic heterocycles. The smallest absolute Gasteiger partial charge is 0.316 e. The molecule has 1 saturated carbocycles. The largest absolute Gasteiger partial charge is 0.497 e. The van der Waals surface area contributed by atoms with Crippen LogP contribution in [0.15, 0.2) is 77.3 Å². The highest BCUT2D eigenvalue weighted by atomic mass is 16.5. The summed E-state index contributed by atoms with van der Waals surface area (Å²) in [6.45, 7) is 5.07. The third-order valence-corrected chi connectivity index (χ3v) is 7.44. The Hall–Kier alpha value is -4.06. The minimum Gasteiger partial charge on any atom is -0.497 e. The predicted molar refractivity (Wildman–Crippen MR) is 150 cm³/mol. The Morgan fingerprint density at radius 1 is 0.947 bits per heavy atom. The van der Waals surface area contributed by atoms with Crippen molar-refractivity contribution >= 4 is 11.7 Å². The van der Waals surface area contributed by atoms with Crippen molar-refractivity contribution < 1.29 is 18.8 Å². The van der Waals surface area contributed by atoms with Crippen LogP contribution in [-0.2, 0) is 21.4 Å². The minimum atomic E-state index is -0.446. The number of likely N-dealkylation sites (N-methyl/N-ethyl adjacent to an activating group) is 1. The first-order chi connectivity index (χ1) is 18.4. The van der Waals surface area contributed by atoms with Crippen LogP contribution in [0.4, 0.5) is 5.69 Å². The standard InChI is InChI=1S/C32H34N2O4/c1-5-37-31(35)32(19-20-32)27-14-12-25(13-15-27)24-8-10-26(11-9-24)30-29(22(2)33-38-30)34(3)21-18-23-6-16-28(36-4)17-7-23/h6-17H,5,18-21H2,1-4H3. The van der Waals surface area contributed by atoms with Crippen molar-refractivity contribution in [2.45, 2.75) is 38.5 Å². The van der Waals surface area contributed by atoms with Crippen LogP contribution in [0.1, 0.15) is 36.6 Å². The van der Waals surface area contributed by atoms with Gasteiger partial charge in [0.15, 0.2) is 5.76 Å². The molecule has 6 heteroatoms. The van der Waals surface area contributed by atoms with Gasteiger partial charge in [-0.2, -0.15) is 0 Å². The van der Waals surface area contributed by atoms with Crippen LogP contribution in [0.3, 0.4) is 0 Å². The number of ether oxygens (including phenoxy) is 2. The number of nitrogens with zero attached hydrogens (tertiary/aromatic N) is 2. The summed E-state index contributed by atoms with van der Waals surface area (Å²) >= 11 is 0. The molecule has 0 aliphatic heterocycles. The molecule has 1 aliphatic rings. The van der Waals surface area contributed by atoms with Crippen LogP contribution in [0, 0.1) is 6.92 Å². The van der Waals surface area contributed by atoms with Gasteiger partial charge in [0.1, 0.15) is 17.1 Å². The lowest BCUT2D eigenvalue weighted by molar-refractivity contribution is -0.146. The molecule has 4 aromatic rings. The number of methoxy groups -OCH3 is 1. The molecule has 5 rings (SSSR count). The molecule has 38 heavy (non-hydrogen) atoms. The molecular formula is C32H34N2O4. The number of carbonyl (C=O) groups excluding carboxylic acids is 1. The number of hydrogen-bond acceptors (Lipinski definition) is 6. The maximum absolute atomic E-state index is 12.4. The van der Waals surface area contributed by atoms with Crippen LogP contribution < -0.4 is 9.64 Å². The summed E-state index contributed by atoms with van der Waals surface area (Å²) < 4.78 is 16.3. The molecule has 1 heterocycles. The van der Waals surface area contributed by atoms with Crippen molar-refractivity contribution in [3.05, 3.63) is 89.6 Å². The molecule has 0 N–H and O–H groups in total. The van der Waals surface area contributed by atoms with Crippen molar-refractivity contribution in [2.24, 2.45) is 0 Å². The third kappa shape index (κ3) is 5.03. The second-order valence-electron chi connectivity index (χ2n) is 9.92. The number of rotatable bonds is 10. The average molecular weight is 511 g/mol. The summed E-state index contributed by atoms with van der Waals surface area (Å²) in [4.78, 5) is 14.6. The zero-order valence-corrected chi connectivity index (χ0v) is 22.5. The van der Waals surface area contributed by atoms with Crippen LogP contribution in [-0.4, -0.2) is 38.4 Å². The van der Waals surface area contributed by atoms with Gasteiger partial charge in [0, 0.05) is 19.2 Å². The Labute approximate surface area is 224 Å². The summed E-state index contributed by atoms with van der Waals surface area (Å²) in [7, 11) is 3.75. The number of benzene rings is 3. The van der Waals surface area contributed by atoms with Gasteiger partial charge in [0.2, 0.25) is 0 Å². The Kier molecular flexibility index (Phi) is 7.23. The second-order valence-corrected chi connectivity index (χ2v) is 9.92. The zero-order chi connectivity index (χ0) is 26.7. The van der Waals surface area contributed by atoms with E-state index in [1.165, 1.54) is 5.56 Å². The van der Waals surface area contributed by atoms with E-state index in [-0.39, 0.29) is 5.97 Å². The normalized spacial score (nSPS) is 13.7. The average Bonchev–Trinajstić information content (AvgIpc) is 3.68. The molecule has 0 amide bonds. The number of hydrogen-bond donors (Lipinski definition) is 0. The molecule has 196 valence electrons. The first-order valence-electron chi connectivity index (χ1n) is 13.1. The van der Waals surface area contributed by atoms with Gasteiger partial charge in [-0.3, -0.25) is 4.79 Å². The van der Waals surface area contributed by atoms with Crippen LogP contribution in [0.25, 0.3) is 22.5 Å². The number of aryl methyl sites for hydroxylation is 1. The summed E-state index contributed by atoms with van der Waals surface area (Å²) in [5.41, 5.74) is 6.90. The lowest BCUT2D eigenvalue weighted by Gasteiger charge is -2.19. The van der Waals surface area contributed by atoms with E-state index in [1.54, 1.807) is 7.11 Å². The summed E-state index contributed by atoms with van der Waals surface area (Å²) in [5, 5.41) is 4.27. The highest BCUT2D eigenvalue weighted by Gasteiger charge is 2.52. The molecule has 6 nitrogen and oxygen atoms in total. The molecule has 3 aromatic carbocycles. The lowest BCUT2D eigenvalue weighted by Crippen LogP contribution is -2.23. The first-order valence-corrected chi connectivity index (χ1v) is 13.1. The predicted octanol–water partition coefficient (Wildman–Crippen LogP) is 6.60. The van der Waals surface area contributed by atoms with Crippen molar-refractivity contribution in [3.63, 3.8) is 0 Å². The van der Waals surface area contributed by atoms with Crippen LogP contribution in [0.2, 0.25) is 0 Å². The van der Waals surface area contributed by atoms with Gasteiger partial charge in [0.05, 0.1) is 19.1 Å². The lowest BCUT2D eigenvalue weighted by atomic mass is 9.93. The summed E-state index contributed by atoms with van der Waals surface area (Å²) in [6, 6.07) is 24.8. The van der Waals surface area contributed by atoms with Gasteiger partial charge >= 0.3 is 5.97 Å². The van der Waals surface area contributed by atoms with Gasteiger partial charge in [-0.25, -0.2) is 0 Å². The number of anilines is 1. The van der Waals surface area contributed by atoms with E-state index in [0.717, 1.165) is 71.0 Å². The SMILES string of the molecule is CCOC(=O)C1(c2ccc(-c3ccc(-c4onc(C)c4N(C)CCc4ccc(OC)cc4)cc3)cc2)CC1. The maximum Gasteiger partial charge on any atom is 0.316 e. The van der Waals surface area contributed by atoms with Crippen LogP contribution in [0.5, 0.6) is 5.75 Å². The molecule has 0 saturated heterocycles. The van der Waals surface area contributed by atoms with Gasteiger partial charge in [-0.1, -0.05) is 65.8 Å². The molecule has 0 unspecified atom stereocenters. The first kappa shape index (κ1) is 25.6. The maximum atomic E-state index is 12.4. The quantitative estimate of drug-likeness (QED) is 0.224. The van der Waals surface area contributed by atoms with Crippen molar-refractivity contribution in [1.82, 2.24) is 5.16 Å². The Morgan fingerprint density at radius 3 is 2.13 bits per heavy atom. The van der Waals surface area contributed by atoms with Crippen molar-refractivity contribution in [2.75, 3.05) is 32.2 Å². The van der Waals surface area contributed by atoms with Gasteiger partial charge in [-0.05, 0) is 67.5 Å². The fraction of sp³-hybridized carbons (Fsp3) is 0.312. The van der Waals surface area contributed by atoms with Gasteiger partial charge < -0.3 is 18.9 Å². The highest BCUT2D eigenvalue weighted by Crippen LogP contribution is 2.49. The Bertz CT molecular complexity index is 1390. The minimum absolute atomic E-state index is 0.107. The third-order valence-electron chi connectivity index (χ3n) is 7.44. The fourth-order valence-electron chi connectivity index (χ4n) is 5.01. The molecule has 0 spiro atoms. The van der Waals surface area contributed by atoms with E-state index < -0.39 is 5.41 Å². The topological polar surface area (TPSA) is 64.8 Å². The molecule has 0 bridgehead atoms. The van der Waals surface area contributed by atoms with Crippen LogP contribution >= 0.6 is 0 Å². The second kappa shape index (κ2) is 10.7. The van der Waals surface area contributed by atoms with Crippen molar-refractivity contribution in [3.8, 4) is 28.2 Å². The van der Waals surface area contributed by atoms with Crippen molar-refractivity contribution in [1.29, 1.82) is 0 Å². The van der Waals surface area contributed by atoms with E-state index in [1.807, 2.05) is 26.0 Å². The highest BCUT2D eigenvalue weighted by molar-refractivity contribution is 5.87. The summed E-state index contributed by atoms with van der Waals surface area (Å²) in [5.74, 6) is 1.53. The molecule has 0 radical (unpaired) electrons. The molecule has 0 atom stereocenters. The number of esters is 1. The Morgan fingerprint density at radius 2 is 1.55 bits per heavy atom. The van der Waals surface area contributed by atoms with E-state index in [2.05, 4.69) is 77.8 Å². The Balaban J connectivity index is 1.29. The fourth-order valence-corrected chi connectivity index (χ4v) is 5.01. The van der Waals surface area contributed by atoms with E-state index in [0.29, 0.717) is 6.61 Å². The van der Waals surface area contributed by atoms with E-state index in [9.17, 15) is 4.79 Å². The molecule has 1 fully saturated rings. The summed E-state index contributed by atoms with van der Waals surface area (Å²) in [6.07, 6.45) is 2.61. The van der Waals surface area contributed by atoms with Gasteiger partial charge in [0.25, 0.3) is 0 Å². The van der Waals surface area contributed by atoms with Gasteiger partial charge in [-0.15, -0.1) is 0 Å². The zero-order valence-electron chi connectivity index (χ0n) is 22.5. The molecule has 1 aliphatic carbocycles. The van der Waals surface area contributed by atoms with E-state index in [4.69, 9.17) is 14.0 Å². The van der Waals surface area contributed by atoms with E-state index >= 15 is 0 Å².